The Morgan fingerprint density at radius 3 is 2.57 bits per heavy atom. The quantitative estimate of drug-likeness (QED) is 0.601. The van der Waals surface area contributed by atoms with E-state index < -0.39 is 0 Å². The Bertz CT molecular complexity index is 614. The van der Waals surface area contributed by atoms with Gasteiger partial charge in [-0.15, -0.1) is 0 Å². The van der Waals surface area contributed by atoms with Crippen molar-refractivity contribution in [1.29, 1.82) is 0 Å². The number of carbonyl (C=O) groups is 1. The highest BCUT2D eigenvalue weighted by Crippen LogP contribution is 2.13. The van der Waals surface area contributed by atoms with Crippen LogP contribution in [0.15, 0.2) is 54.6 Å². The maximum atomic E-state index is 12.8. The van der Waals surface area contributed by atoms with Crippen LogP contribution in [-0.4, -0.2) is 31.1 Å². The van der Waals surface area contributed by atoms with Crippen molar-refractivity contribution in [3.8, 4) is 0 Å². The second-order valence-corrected chi connectivity index (χ2v) is 5.54. The van der Waals surface area contributed by atoms with Crippen LogP contribution in [0.4, 0.5) is 5.69 Å². The molecule has 2 N–H and O–H groups in total. The second kappa shape index (κ2) is 8.96. The lowest BCUT2D eigenvalue weighted by Crippen LogP contribution is -2.31. The van der Waals surface area contributed by atoms with Gasteiger partial charge in [-0.25, -0.2) is 0 Å². The molecule has 0 saturated heterocycles. The Morgan fingerprint density at radius 2 is 1.87 bits per heavy atom. The van der Waals surface area contributed by atoms with Crippen molar-refractivity contribution in [1.82, 2.24) is 4.90 Å². The molecule has 0 heterocycles. The predicted molar refractivity (Wildman–Crippen MR) is 93.1 cm³/mol. The molecule has 0 unspecified atom stereocenters. The lowest BCUT2D eigenvalue weighted by Gasteiger charge is -2.23. The van der Waals surface area contributed by atoms with E-state index in [0.717, 1.165) is 18.4 Å². The summed E-state index contributed by atoms with van der Waals surface area (Å²) in [4.78, 5) is 14.7. The van der Waals surface area contributed by atoms with E-state index in [9.17, 15) is 4.79 Å². The number of benzene rings is 2. The Kier molecular flexibility index (Phi) is 6.63. The standard InChI is InChI=1S/C19H24N2O2/c1-23-13-6-5-12-21(15-16-8-3-2-4-9-16)19(22)17-10-7-11-18(20)14-17/h2-4,7-11,14H,5-6,12-13,15,20H2,1H3. The number of nitrogens with two attached hydrogens (primary N) is 1. The molecule has 4 heteroatoms. The highest BCUT2D eigenvalue weighted by Gasteiger charge is 2.16. The fourth-order valence-electron chi connectivity index (χ4n) is 2.46. The number of hydrogen-bond acceptors (Lipinski definition) is 3. The van der Waals surface area contributed by atoms with Gasteiger partial charge in [-0.1, -0.05) is 36.4 Å². The zero-order chi connectivity index (χ0) is 16.5. The minimum atomic E-state index is 0.0126. The highest BCUT2D eigenvalue weighted by molar-refractivity contribution is 5.95. The molecule has 0 bridgehead atoms. The van der Waals surface area contributed by atoms with Crippen molar-refractivity contribution in [3.05, 3.63) is 65.7 Å². The number of nitrogen functional groups attached to an aromatic ring is 1. The maximum Gasteiger partial charge on any atom is 0.254 e. The van der Waals surface area contributed by atoms with Gasteiger partial charge in [0, 0.05) is 38.1 Å². The van der Waals surface area contributed by atoms with Crippen molar-refractivity contribution < 1.29 is 9.53 Å². The summed E-state index contributed by atoms with van der Waals surface area (Å²) in [5.41, 5.74) is 8.16. The number of unbranched alkanes of at least 4 members (excludes halogenated alkanes) is 1. The van der Waals surface area contributed by atoms with Crippen LogP contribution in [0.2, 0.25) is 0 Å². The first-order valence-electron chi connectivity index (χ1n) is 7.88. The summed E-state index contributed by atoms with van der Waals surface area (Å²) in [6.07, 6.45) is 1.85. The number of rotatable bonds is 8. The number of hydrogen-bond donors (Lipinski definition) is 1. The first kappa shape index (κ1) is 17.0. The van der Waals surface area contributed by atoms with Gasteiger partial charge in [0.15, 0.2) is 0 Å². The fraction of sp³-hybridized carbons (Fsp3) is 0.316. The first-order valence-corrected chi connectivity index (χ1v) is 7.88. The molecule has 2 rings (SSSR count). The van der Waals surface area contributed by atoms with E-state index in [1.165, 1.54) is 0 Å². The molecule has 0 saturated carbocycles. The Balaban J connectivity index is 2.09. The van der Waals surface area contributed by atoms with Gasteiger partial charge in [0.1, 0.15) is 0 Å². The normalized spacial score (nSPS) is 10.5. The topological polar surface area (TPSA) is 55.6 Å². The van der Waals surface area contributed by atoms with E-state index in [1.54, 1.807) is 19.2 Å². The number of nitrogens with zero attached hydrogens (tertiary/aromatic N) is 1. The molecular formula is C19H24N2O2. The SMILES string of the molecule is COCCCCN(Cc1ccccc1)C(=O)c1cccc(N)c1. The zero-order valence-corrected chi connectivity index (χ0v) is 13.6. The molecule has 0 aliphatic heterocycles. The Labute approximate surface area is 137 Å². The molecule has 0 atom stereocenters. The number of methoxy groups -OCH3 is 1. The van der Waals surface area contributed by atoms with Gasteiger partial charge in [0.05, 0.1) is 0 Å². The third kappa shape index (κ3) is 5.42. The smallest absolute Gasteiger partial charge is 0.254 e. The number of ether oxygens (including phenoxy) is 1. The molecule has 0 radical (unpaired) electrons. The van der Waals surface area contributed by atoms with Gasteiger partial charge >= 0.3 is 0 Å². The van der Waals surface area contributed by atoms with Crippen LogP contribution >= 0.6 is 0 Å². The average molecular weight is 312 g/mol. The second-order valence-electron chi connectivity index (χ2n) is 5.54. The maximum absolute atomic E-state index is 12.8. The summed E-state index contributed by atoms with van der Waals surface area (Å²) >= 11 is 0. The summed E-state index contributed by atoms with van der Waals surface area (Å²) in [6, 6.07) is 17.2. The van der Waals surface area contributed by atoms with Gasteiger partial charge in [-0.05, 0) is 36.6 Å². The predicted octanol–water partition coefficient (Wildman–Crippen LogP) is 3.34. The van der Waals surface area contributed by atoms with E-state index in [-0.39, 0.29) is 5.91 Å². The van der Waals surface area contributed by atoms with Gasteiger partial charge in [0.25, 0.3) is 5.91 Å². The van der Waals surface area contributed by atoms with Gasteiger partial charge in [0.2, 0.25) is 0 Å². The molecule has 2 aromatic carbocycles. The summed E-state index contributed by atoms with van der Waals surface area (Å²) < 4.78 is 5.08. The van der Waals surface area contributed by atoms with Crippen LogP contribution in [0.1, 0.15) is 28.8 Å². The Morgan fingerprint density at radius 1 is 1.09 bits per heavy atom. The molecule has 0 aromatic heterocycles. The van der Waals surface area contributed by atoms with Crippen molar-refractivity contribution in [2.24, 2.45) is 0 Å². The van der Waals surface area contributed by atoms with Crippen LogP contribution in [0.3, 0.4) is 0 Å². The summed E-state index contributed by atoms with van der Waals surface area (Å²) in [5, 5.41) is 0. The van der Waals surface area contributed by atoms with Crippen molar-refractivity contribution in [2.75, 3.05) is 26.0 Å². The lowest BCUT2D eigenvalue weighted by atomic mass is 10.1. The third-order valence-corrected chi connectivity index (χ3v) is 3.66. The third-order valence-electron chi connectivity index (χ3n) is 3.66. The monoisotopic (exact) mass is 312 g/mol. The molecule has 2 aromatic rings. The number of carbonyl (C=O) groups excluding carboxylic acids is 1. The summed E-state index contributed by atoms with van der Waals surface area (Å²) in [7, 11) is 1.69. The van der Waals surface area contributed by atoms with Crippen LogP contribution < -0.4 is 5.73 Å². The van der Waals surface area contributed by atoms with Crippen LogP contribution in [0.5, 0.6) is 0 Å². The fourth-order valence-corrected chi connectivity index (χ4v) is 2.46. The van der Waals surface area contributed by atoms with Crippen LogP contribution in [0.25, 0.3) is 0 Å². The van der Waals surface area contributed by atoms with Gasteiger partial charge in [-0.2, -0.15) is 0 Å². The zero-order valence-electron chi connectivity index (χ0n) is 13.6. The Hall–Kier alpha value is -2.33. The minimum absolute atomic E-state index is 0.0126. The molecule has 1 amide bonds. The highest BCUT2D eigenvalue weighted by atomic mass is 16.5. The van der Waals surface area contributed by atoms with Crippen LogP contribution in [0, 0.1) is 0 Å². The van der Waals surface area contributed by atoms with E-state index >= 15 is 0 Å². The molecule has 0 fully saturated rings. The van der Waals surface area contributed by atoms with Crippen LogP contribution in [-0.2, 0) is 11.3 Å². The molecule has 23 heavy (non-hydrogen) atoms. The summed E-state index contributed by atoms with van der Waals surface area (Å²) in [6.45, 7) is 2.01. The minimum Gasteiger partial charge on any atom is -0.399 e. The molecule has 4 nitrogen and oxygen atoms in total. The van der Waals surface area contributed by atoms with E-state index in [0.29, 0.717) is 30.9 Å². The lowest BCUT2D eigenvalue weighted by molar-refractivity contribution is 0.0735. The molecule has 0 aliphatic carbocycles. The first-order chi connectivity index (χ1) is 11.2. The van der Waals surface area contributed by atoms with Crippen molar-refractivity contribution in [2.45, 2.75) is 19.4 Å². The van der Waals surface area contributed by atoms with E-state index in [4.69, 9.17) is 10.5 Å². The van der Waals surface area contributed by atoms with E-state index in [1.807, 2.05) is 47.4 Å². The number of anilines is 1. The molecule has 0 aliphatic rings. The van der Waals surface area contributed by atoms with Crippen molar-refractivity contribution in [3.63, 3.8) is 0 Å². The number of amides is 1. The largest absolute Gasteiger partial charge is 0.399 e. The summed E-state index contributed by atoms with van der Waals surface area (Å²) in [5.74, 6) is 0.0126. The molecule has 122 valence electrons. The van der Waals surface area contributed by atoms with E-state index in [2.05, 4.69) is 0 Å². The molecular weight excluding hydrogens is 288 g/mol. The van der Waals surface area contributed by atoms with Crippen molar-refractivity contribution >= 4 is 11.6 Å². The molecule has 0 spiro atoms. The van der Waals surface area contributed by atoms with Gasteiger partial charge in [-0.3, -0.25) is 4.79 Å². The average Bonchev–Trinajstić information content (AvgIpc) is 2.58. The van der Waals surface area contributed by atoms with Gasteiger partial charge < -0.3 is 15.4 Å².